The van der Waals surface area contributed by atoms with Crippen LogP contribution in [0.1, 0.15) is 39.0 Å². The first-order valence-corrected chi connectivity index (χ1v) is 6.32. The van der Waals surface area contributed by atoms with E-state index in [0.29, 0.717) is 19.1 Å². The van der Waals surface area contributed by atoms with Crippen LogP contribution in [0.3, 0.4) is 0 Å². The Morgan fingerprint density at radius 1 is 1.56 bits per heavy atom. The van der Waals surface area contributed by atoms with Crippen molar-refractivity contribution in [3.8, 4) is 0 Å². The fourth-order valence-corrected chi connectivity index (χ4v) is 3.16. The molecule has 16 heavy (non-hydrogen) atoms. The third kappa shape index (κ3) is 2.03. The summed E-state index contributed by atoms with van der Waals surface area (Å²) in [5.41, 5.74) is 5.81. The van der Waals surface area contributed by atoms with Crippen LogP contribution in [0.25, 0.3) is 0 Å². The first-order valence-electron chi connectivity index (χ1n) is 6.32. The van der Waals surface area contributed by atoms with Gasteiger partial charge in [0, 0.05) is 13.1 Å². The molecule has 0 spiro atoms. The lowest BCUT2D eigenvalue weighted by atomic mass is 9.75. The number of nitrogens with zero attached hydrogens (tertiary/aromatic N) is 1. The van der Waals surface area contributed by atoms with Gasteiger partial charge in [-0.25, -0.2) is 4.79 Å². The van der Waals surface area contributed by atoms with Crippen molar-refractivity contribution in [2.45, 2.75) is 44.6 Å². The van der Waals surface area contributed by atoms with E-state index in [2.05, 4.69) is 6.92 Å². The van der Waals surface area contributed by atoms with E-state index in [-0.39, 0.29) is 11.6 Å². The summed E-state index contributed by atoms with van der Waals surface area (Å²) in [6, 6.07) is 0. The molecule has 1 aliphatic carbocycles. The van der Waals surface area contributed by atoms with Crippen molar-refractivity contribution < 1.29 is 9.53 Å². The fraction of sp³-hybridized carbons (Fsp3) is 0.917. The number of nitrogens with two attached hydrogens (primary N) is 1. The molecule has 1 saturated carbocycles. The van der Waals surface area contributed by atoms with E-state index in [1.165, 1.54) is 12.8 Å². The highest BCUT2D eigenvalue weighted by atomic mass is 16.6. The van der Waals surface area contributed by atoms with E-state index >= 15 is 0 Å². The average Bonchev–Trinajstić information content (AvgIpc) is 2.29. The summed E-state index contributed by atoms with van der Waals surface area (Å²) in [5.74, 6) is 0.659. The molecule has 0 aromatic heterocycles. The van der Waals surface area contributed by atoms with E-state index in [4.69, 9.17) is 10.5 Å². The second kappa shape index (κ2) is 4.62. The maximum Gasteiger partial charge on any atom is 0.410 e. The molecule has 2 atom stereocenters. The molecule has 0 aromatic carbocycles. The molecule has 1 amide bonds. The minimum Gasteiger partial charge on any atom is -0.449 e. The monoisotopic (exact) mass is 226 g/mol. The lowest BCUT2D eigenvalue weighted by Crippen LogP contribution is -2.60. The maximum atomic E-state index is 11.8. The topological polar surface area (TPSA) is 55.6 Å². The largest absolute Gasteiger partial charge is 0.449 e. The predicted molar refractivity (Wildman–Crippen MR) is 62.1 cm³/mol. The second-order valence-electron chi connectivity index (χ2n) is 5.25. The lowest BCUT2D eigenvalue weighted by molar-refractivity contribution is -0.00156. The minimum absolute atomic E-state index is 0.130. The van der Waals surface area contributed by atoms with Crippen molar-refractivity contribution >= 4 is 6.09 Å². The first-order chi connectivity index (χ1) is 7.68. The Balaban J connectivity index is 2.15. The Bertz CT molecular complexity index is 270. The van der Waals surface area contributed by atoms with E-state index in [1.54, 1.807) is 0 Å². The molecule has 2 unspecified atom stereocenters. The van der Waals surface area contributed by atoms with Gasteiger partial charge in [-0.3, -0.25) is 0 Å². The molecule has 4 nitrogen and oxygen atoms in total. The number of carbonyl (C=O) groups excluding carboxylic acids is 1. The minimum atomic E-state index is -0.161. The van der Waals surface area contributed by atoms with E-state index in [0.717, 1.165) is 25.8 Å². The quantitative estimate of drug-likeness (QED) is 0.780. The number of hydrogen-bond donors (Lipinski definition) is 1. The Kier molecular flexibility index (Phi) is 3.38. The molecule has 2 fully saturated rings. The standard InChI is InChI=1S/C12H22N2O2/c1-10-4-2-5-12(8-10,9-13)14-6-3-7-16-11(14)15/h10H,2-9,13H2,1H3. The van der Waals surface area contributed by atoms with Crippen molar-refractivity contribution in [1.82, 2.24) is 4.90 Å². The van der Waals surface area contributed by atoms with Gasteiger partial charge in [0.2, 0.25) is 0 Å². The molecule has 1 aliphatic heterocycles. The van der Waals surface area contributed by atoms with Gasteiger partial charge in [0.15, 0.2) is 0 Å². The van der Waals surface area contributed by atoms with Gasteiger partial charge in [-0.05, 0) is 25.2 Å². The summed E-state index contributed by atoms with van der Waals surface area (Å²) in [7, 11) is 0. The van der Waals surface area contributed by atoms with Crippen LogP contribution >= 0.6 is 0 Å². The Hall–Kier alpha value is -0.770. The van der Waals surface area contributed by atoms with Crippen LogP contribution in [0.15, 0.2) is 0 Å². The number of carbonyl (C=O) groups is 1. The zero-order valence-electron chi connectivity index (χ0n) is 10.1. The van der Waals surface area contributed by atoms with Gasteiger partial charge >= 0.3 is 6.09 Å². The maximum absolute atomic E-state index is 11.8. The summed E-state index contributed by atoms with van der Waals surface area (Å²) in [6.45, 7) is 4.18. The van der Waals surface area contributed by atoms with Gasteiger partial charge in [0.05, 0.1) is 12.1 Å². The van der Waals surface area contributed by atoms with Gasteiger partial charge in [-0.15, -0.1) is 0 Å². The lowest BCUT2D eigenvalue weighted by Gasteiger charge is -2.48. The van der Waals surface area contributed by atoms with E-state index < -0.39 is 0 Å². The summed E-state index contributed by atoms with van der Waals surface area (Å²) in [5, 5.41) is 0. The van der Waals surface area contributed by atoms with Crippen LogP contribution in [0.5, 0.6) is 0 Å². The highest BCUT2D eigenvalue weighted by molar-refractivity contribution is 5.69. The third-order valence-corrected chi connectivity index (χ3v) is 3.99. The number of cyclic esters (lactones) is 1. The van der Waals surface area contributed by atoms with Gasteiger partial charge < -0.3 is 15.4 Å². The summed E-state index contributed by atoms with van der Waals surface area (Å²) in [6.07, 6.45) is 5.25. The van der Waals surface area contributed by atoms with E-state index in [9.17, 15) is 4.79 Å². The molecule has 4 heteroatoms. The smallest absolute Gasteiger partial charge is 0.410 e. The number of amides is 1. The van der Waals surface area contributed by atoms with Crippen molar-refractivity contribution in [3.05, 3.63) is 0 Å². The fourth-order valence-electron chi connectivity index (χ4n) is 3.16. The Morgan fingerprint density at radius 3 is 3.00 bits per heavy atom. The van der Waals surface area contributed by atoms with Crippen LogP contribution < -0.4 is 5.73 Å². The molecule has 1 heterocycles. The molecule has 0 aromatic rings. The molecule has 1 saturated heterocycles. The SMILES string of the molecule is CC1CCCC(CN)(N2CCCOC2=O)C1. The highest BCUT2D eigenvalue weighted by Crippen LogP contribution is 2.37. The molecular formula is C12H22N2O2. The van der Waals surface area contributed by atoms with Crippen molar-refractivity contribution in [2.24, 2.45) is 11.7 Å². The second-order valence-corrected chi connectivity index (χ2v) is 5.25. The molecule has 2 N–H and O–H groups in total. The van der Waals surface area contributed by atoms with Crippen molar-refractivity contribution in [2.75, 3.05) is 19.7 Å². The summed E-state index contributed by atoms with van der Waals surface area (Å²) < 4.78 is 5.14. The van der Waals surface area contributed by atoms with Gasteiger partial charge in [-0.1, -0.05) is 19.8 Å². The predicted octanol–water partition coefficient (Wildman–Crippen LogP) is 1.74. The van der Waals surface area contributed by atoms with Crippen LogP contribution in [0.2, 0.25) is 0 Å². The Labute approximate surface area is 97.1 Å². The molecule has 0 bridgehead atoms. The molecular weight excluding hydrogens is 204 g/mol. The van der Waals surface area contributed by atoms with Gasteiger partial charge in [0.25, 0.3) is 0 Å². The van der Waals surface area contributed by atoms with Crippen LogP contribution in [0, 0.1) is 5.92 Å². The van der Waals surface area contributed by atoms with Gasteiger partial charge in [0.1, 0.15) is 0 Å². The molecule has 2 rings (SSSR count). The summed E-state index contributed by atoms with van der Waals surface area (Å²) in [4.78, 5) is 13.7. The van der Waals surface area contributed by atoms with Crippen LogP contribution in [-0.2, 0) is 4.74 Å². The highest BCUT2D eigenvalue weighted by Gasteiger charge is 2.43. The number of hydrogen-bond acceptors (Lipinski definition) is 3. The Morgan fingerprint density at radius 2 is 2.38 bits per heavy atom. The first kappa shape index (κ1) is 11.7. The van der Waals surface area contributed by atoms with Crippen LogP contribution in [0.4, 0.5) is 4.79 Å². The van der Waals surface area contributed by atoms with Crippen molar-refractivity contribution in [3.63, 3.8) is 0 Å². The number of ether oxygens (including phenoxy) is 1. The molecule has 92 valence electrons. The number of rotatable bonds is 2. The summed E-state index contributed by atoms with van der Waals surface area (Å²) >= 11 is 0. The normalized spacial score (nSPS) is 36.0. The third-order valence-electron chi connectivity index (χ3n) is 3.99. The average molecular weight is 226 g/mol. The van der Waals surface area contributed by atoms with Crippen molar-refractivity contribution in [1.29, 1.82) is 0 Å². The van der Waals surface area contributed by atoms with Gasteiger partial charge in [-0.2, -0.15) is 0 Å². The molecule has 0 radical (unpaired) electrons. The zero-order chi connectivity index (χ0) is 11.6. The van der Waals surface area contributed by atoms with Crippen LogP contribution in [-0.4, -0.2) is 36.2 Å². The zero-order valence-corrected chi connectivity index (χ0v) is 10.1. The van der Waals surface area contributed by atoms with E-state index in [1.807, 2.05) is 4.90 Å². The molecule has 2 aliphatic rings.